The van der Waals surface area contributed by atoms with E-state index in [4.69, 9.17) is 10.1 Å². The number of ether oxygens (including phenoxy) is 1. The number of nitrogens with one attached hydrogen (secondary N) is 3. The molecule has 2 heterocycles. The minimum absolute atomic E-state index is 0.0461. The van der Waals surface area contributed by atoms with E-state index in [2.05, 4.69) is 26.6 Å². The van der Waals surface area contributed by atoms with Crippen molar-refractivity contribution in [1.29, 1.82) is 5.41 Å². The third-order valence-electron chi connectivity index (χ3n) is 5.58. The Kier molecular flexibility index (Phi) is 6.94. The molecule has 1 aliphatic rings. The van der Waals surface area contributed by atoms with E-state index in [1.807, 2.05) is 31.2 Å². The lowest BCUT2D eigenvalue weighted by atomic mass is 9.97. The topological polar surface area (TPSA) is 109 Å². The van der Waals surface area contributed by atoms with Crippen LogP contribution in [0.15, 0.2) is 41.1 Å². The lowest BCUT2D eigenvalue weighted by Gasteiger charge is -2.15. The molecule has 32 heavy (non-hydrogen) atoms. The van der Waals surface area contributed by atoms with Crippen molar-refractivity contribution >= 4 is 28.7 Å². The molecule has 168 valence electrons. The quantitative estimate of drug-likeness (QED) is 0.275. The van der Waals surface area contributed by atoms with Crippen LogP contribution in [0.25, 0.3) is 16.7 Å². The van der Waals surface area contributed by atoms with Crippen LogP contribution in [0, 0.1) is 12.3 Å². The molecular weight excluding hydrogens is 424 g/mol. The molecule has 0 saturated carbocycles. The molecule has 0 aliphatic heterocycles. The van der Waals surface area contributed by atoms with Crippen molar-refractivity contribution in [2.45, 2.75) is 44.2 Å². The van der Waals surface area contributed by atoms with Gasteiger partial charge in [-0.3, -0.25) is 19.9 Å². The number of carbonyl (C=O) groups is 1. The number of allylic oxidation sites excluding steroid dienone is 1. The number of aromatic amines is 1. The van der Waals surface area contributed by atoms with Gasteiger partial charge >= 0.3 is 0 Å². The molecule has 1 aliphatic carbocycles. The van der Waals surface area contributed by atoms with Crippen LogP contribution >= 0.6 is 11.8 Å². The average molecular weight is 453 g/mol. The van der Waals surface area contributed by atoms with Crippen molar-refractivity contribution in [2.24, 2.45) is 0 Å². The number of aromatic nitrogens is 4. The maximum Gasteiger partial charge on any atom is 0.230 e. The third-order valence-corrected chi connectivity index (χ3v) is 6.52. The van der Waals surface area contributed by atoms with Gasteiger partial charge in [-0.15, -0.1) is 0 Å². The molecule has 0 saturated heterocycles. The Morgan fingerprint density at radius 3 is 3.03 bits per heavy atom. The minimum atomic E-state index is -0.0461. The lowest BCUT2D eigenvalue weighted by Crippen LogP contribution is -2.27. The summed E-state index contributed by atoms with van der Waals surface area (Å²) in [5.74, 6) is 0.851. The number of H-pyrrole nitrogens is 1. The predicted octanol–water partition coefficient (Wildman–Crippen LogP) is 3.64. The zero-order valence-corrected chi connectivity index (χ0v) is 19.2. The van der Waals surface area contributed by atoms with Crippen molar-refractivity contribution < 1.29 is 9.53 Å². The van der Waals surface area contributed by atoms with E-state index in [0.29, 0.717) is 28.5 Å². The van der Waals surface area contributed by atoms with Gasteiger partial charge < -0.3 is 10.1 Å². The van der Waals surface area contributed by atoms with E-state index in [-0.39, 0.29) is 17.1 Å². The van der Waals surface area contributed by atoms with Crippen molar-refractivity contribution in [1.82, 2.24) is 25.1 Å². The second-order valence-electron chi connectivity index (χ2n) is 7.82. The number of rotatable bonds is 8. The van der Waals surface area contributed by atoms with E-state index in [0.717, 1.165) is 30.6 Å². The molecule has 0 atom stereocenters. The summed E-state index contributed by atoms with van der Waals surface area (Å²) < 4.78 is 7.09. The number of hydrogen-bond acceptors (Lipinski definition) is 6. The highest BCUT2D eigenvalue weighted by Gasteiger charge is 2.16. The third kappa shape index (κ3) is 4.88. The van der Waals surface area contributed by atoms with Crippen molar-refractivity contribution in [2.75, 3.05) is 19.4 Å². The first-order valence-corrected chi connectivity index (χ1v) is 11.8. The molecule has 3 N–H and O–H groups in total. The highest BCUT2D eigenvalue weighted by molar-refractivity contribution is 7.99. The lowest BCUT2D eigenvalue weighted by molar-refractivity contribution is -0.118. The van der Waals surface area contributed by atoms with Crippen LogP contribution in [0.5, 0.6) is 5.75 Å². The second-order valence-corrected chi connectivity index (χ2v) is 8.77. The summed E-state index contributed by atoms with van der Waals surface area (Å²) >= 11 is 1.30. The van der Waals surface area contributed by atoms with Gasteiger partial charge in [0.1, 0.15) is 11.2 Å². The van der Waals surface area contributed by atoms with E-state index in [1.54, 1.807) is 11.7 Å². The number of thioether (sulfide) groups is 1. The standard InChI is InChI=1S/C23H28N6O2S/c1-15-20-21(24)29(17-9-6-10-18(13-17)31-2)23(26-22(20)28-27-15)32-14-19(30)25-12-11-16-7-4-3-5-8-16/h6-7,9-10,13,24H,3-5,8,11-12,14H2,1-2H3,(H,25,30)(H,27,28). The fraction of sp³-hybridized carbons (Fsp3) is 0.391. The number of nitrogens with zero attached hydrogens (tertiary/aromatic N) is 3. The first kappa shape index (κ1) is 22.1. The van der Waals surface area contributed by atoms with Crippen LogP contribution in [0.4, 0.5) is 0 Å². The highest BCUT2D eigenvalue weighted by Crippen LogP contribution is 2.24. The molecule has 3 aromatic rings. The Bertz CT molecular complexity index is 1210. The number of benzene rings is 1. The smallest absolute Gasteiger partial charge is 0.230 e. The summed E-state index contributed by atoms with van der Waals surface area (Å²) in [5, 5.41) is 20.1. The molecule has 2 aromatic heterocycles. The maximum atomic E-state index is 12.5. The fourth-order valence-corrected chi connectivity index (χ4v) is 4.73. The number of aryl methyl sites for hydroxylation is 1. The number of methoxy groups -OCH3 is 1. The predicted molar refractivity (Wildman–Crippen MR) is 125 cm³/mol. The van der Waals surface area contributed by atoms with Crippen molar-refractivity contribution in [3.05, 3.63) is 47.1 Å². The normalized spacial score (nSPS) is 13.8. The van der Waals surface area contributed by atoms with Gasteiger partial charge in [-0.1, -0.05) is 29.5 Å². The van der Waals surface area contributed by atoms with Crippen LogP contribution in [-0.4, -0.2) is 45.1 Å². The fourth-order valence-electron chi connectivity index (χ4n) is 3.89. The van der Waals surface area contributed by atoms with E-state index < -0.39 is 0 Å². The molecule has 0 radical (unpaired) electrons. The number of carbonyl (C=O) groups excluding carboxylic acids is 1. The van der Waals surface area contributed by atoms with Crippen LogP contribution in [0.3, 0.4) is 0 Å². The molecule has 0 bridgehead atoms. The van der Waals surface area contributed by atoms with Gasteiger partial charge in [0.05, 0.1) is 23.9 Å². The largest absolute Gasteiger partial charge is 0.497 e. The summed E-state index contributed by atoms with van der Waals surface area (Å²) in [5.41, 5.74) is 3.71. The van der Waals surface area contributed by atoms with E-state index >= 15 is 0 Å². The molecule has 1 aromatic carbocycles. The Labute approximate surface area is 191 Å². The Balaban J connectivity index is 1.54. The summed E-state index contributed by atoms with van der Waals surface area (Å²) in [6.07, 6.45) is 8.03. The summed E-state index contributed by atoms with van der Waals surface area (Å²) in [4.78, 5) is 17.1. The molecule has 0 unspecified atom stereocenters. The van der Waals surface area contributed by atoms with Crippen LogP contribution < -0.4 is 15.5 Å². The number of amides is 1. The second kappa shape index (κ2) is 10.0. The van der Waals surface area contributed by atoms with Gasteiger partial charge in [0, 0.05) is 18.3 Å². The number of hydrogen-bond donors (Lipinski definition) is 3. The summed E-state index contributed by atoms with van der Waals surface area (Å²) in [7, 11) is 1.61. The summed E-state index contributed by atoms with van der Waals surface area (Å²) in [6.45, 7) is 2.52. The molecule has 0 fully saturated rings. The first-order chi connectivity index (χ1) is 15.6. The highest BCUT2D eigenvalue weighted by atomic mass is 32.2. The van der Waals surface area contributed by atoms with E-state index in [1.165, 1.54) is 30.2 Å². The summed E-state index contributed by atoms with van der Waals surface area (Å²) in [6, 6.07) is 7.47. The minimum Gasteiger partial charge on any atom is -0.497 e. The van der Waals surface area contributed by atoms with Gasteiger partial charge in [-0.05, 0) is 51.2 Å². The monoisotopic (exact) mass is 452 g/mol. The van der Waals surface area contributed by atoms with Crippen LogP contribution in [0.1, 0.15) is 37.8 Å². The molecule has 0 spiro atoms. The Hall–Kier alpha value is -3.07. The SMILES string of the molecule is COc1cccc(-n2c(SCC(=O)NCCC3=CCCCC3)nc3n[nH]c(C)c3c2=N)c1. The zero-order valence-electron chi connectivity index (χ0n) is 18.4. The average Bonchev–Trinajstić information content (AvgIpc) is 3.19. The molecule has 4 rings (SSSR count). The van der Waals surface area contributed by atoms with Crippen LogP contribution in [0.2, 0.25) is 0 Å². The van der Waals surface area contributed by atoms with Crippen molar-refractivity contribution in [3.63, 3.8) is 0 Å². The van der Waals surface area contributed by atoms with Gasteiger partial charge in [0.25, 0.3) is 0 Å². The Morgan fingerprint density at radius 1 is 1.38 bits per heavy atom. The maximum absolute atomic E-state index is 12.5. The van der Waals surface area contributed by atoms with Crippen LogP contribution in [-0.2, 0) is 4.79 Å². The van der Waals surface area contributed by atoms with Gasteiger partial charge in [-0.25, -0.2) is 4.98 Å². The molecule has 9 heteroatoms. The van der Waals surface area contributed by atoms with Gasteiger partial charge in [0.15, 0.2) is 10.8 Å². The number of fused-ring (bicyclic) bond motifs is 1. The zero-order chi connectivity index (χ0) is 22.5. The van der Waals surface area contributed by atoms with Crippen molar-refractivity contribution in [3.8, 4) is 11.4 Å². The molecule has 8 nitrogen and oxygen atoms in total. The Morgan fingerprint density at radius 2 is 2.25 bits per heavy atom. The van der Waals surface area contributed by atoms with Gasteiger partial charge in [0.2, 0.25) is 5.91 Å². The van der Waals surface area contributed by atoms with E-state index in [9.17, 15) is 4.79 Å². The van der Waals surface area contributed by atoms with Gasteiger partial charge in [-0.2, -0.15) is 5.10 Å². The first-order valence-electron chi connectivity index (χ1n) is 10.8. The molecule has 1 amide bonds. The molecular formula is C23H28N6O2S.